The summed E-state index contributed by atoms with van der Waals surface area (Å²) in [6.45, 7) is 6.25. The average molecular weight is 224 g/mol. The molecule has 0 radical (unpaired) electrons. The Morgan fingerprint density at radius 1 is 1.50 bits per heavy atom. The van der Waals surface area contributed by atoms with Crippen molar-refractivity contribution in [2.75, 3.05) is 6.54 Å². The molecular weight excluding hydrogens is 204 g/mol. The van der Waals surface area contributed by atoms with Crippen molar-refractivity contribution < 1.29 is 9.21 Å². The van der Waals surface area contributed by atoms with Crippen LogP contribution < -0.4 is 11.1 Å². The molecule has 0 fully saturated rings. The number of nitrogens with two attached hydrogens (primary N) is 1. The summed E-state index contributed by atoms with van der Waals surface area (Å²) in [4.78, 5) is 11.9. The van der Waals surface area contributed by atoms with Crippen molar-refractivity contribution in [3.63, 3.8) is 0 Å². The van der Waals surface area contributed by atoms with Crippen LogP contribution in [0.5, 0.6) is 0 Å². The van der Waals surface area contributed by atoms with Gasteiger partial charge in [-0.25, -0.2) is 0 Å². The Bertz CT molecular complexity index is 320. The SMILES string of the molecule is CC(NC(=O)C(CN)C(C)C)c1ccco1. The Morgan fingerprint density at radius 3 is 2.62 bits per heavy atom. The summed E-state index contributed by atoms with van der Waals surface area (Å²) in [6, 6.07) is 3.54. The zero-order valence-electron chi connectivity index (χ0n) is 10.1. The van der Waals surface area contributed by atoms with E-state index in [2.05, 4.69) is 5.32 Å². The first-order valence-corrected chi connectivity index (χ1v) is 5.60. The quantitative estimate of drug-likeness (QED) is 0.799. The molecule has 1 rings (SSSR count). The van der Waals surface area contributed by atoms with Gasteiger partial charge in [-0.05, 0) is 25.0 Å². The Kier molecular flexibility index (Phi) is 4.55. The molecule has 0 aliphatic carbocycles. The minimum absolute atomic E-state index is 0.0126. The standard InChI is InChI=1S/C12H20N2O2/c1-8(2)10(7-13)12(15)14-9(3)11-5-4-6-16-11/h4-6,8-10H,7,13H2,1-3H3,(H,14,15). The fourth-order valence-electron chi connectivity index (χ4n) is 1.61. The maximum absolute atomic E-state index is 11.9. The highest BCUT2D eigenvalue weighted by atomic mass is 16.3. The van der Waals surface area contributed by atoms with E-state index in [0.717, 1.165) is 5.76 Å². The van der Waals surface area contributed by atoms with Crippen molar-refractivity contribution in [2.45, 2.75) is 26.8 Å². The zero-order chi connectivity index (χ0) is 12.1. The number of hydrogen-bond acceptors (Lipinski definition) is 3. The molecule has 2 atom stereocenters. The van der Waals surface area contributed by atoms with Crippen LogP contribution in [-0.2, 0) is 4.79 Å². The van der Waals surface area contributed by atoms with Crippen LogP contribution in [0.2, 0.25) is 0 Å². The first kappa shape index (κ1) is 12.8. The molecular formula is C12H20N2O2. The third-order valence-corrected chi connectivity index (χ3v) is 2.72. The molecule has 0 bridgehead atoms. The highest BCUT2D eigenvalue weighted by Gasteiger charge is 2.22. The summed E-state index contributed by atoms with van der Waals surface area (Å²) in [7, 11) is 0. The molecule has 1 aromatic rings. The van der Waals surface area contributed by atoms with Crippen LogP contribution in [0.25, 0.3) is 0 Å². The van der Waals surface area contributed by atoms with Gasteiger partial charge >= 0.3 is 0 Å². The normalized spacial score (nSPS) is 14.8. The van der Waals surface area contributed by atoms with E-state index in [1.54, 1.807) is 12.3 Å². The zero-order valence-corrected chi connectivity index (χ0v) is 10.1. The van der Waals surface area contributed by atoms with Gasteiger partial charge in [0.05, 0.1) is 18.2 Å². The smallest absolute Gasteiger partial charge is 0.225 e. The van der Waals surface area contributed by atoms with Gasteiger partial charge in [0.25, 0.3) is 0 Å². The molecule has 4 nitrogen and oxygen atoms in total. The van der Waals surface area contributed by atoms with Gasteiger partial charge in [-0.15, -0.1) is 0 Å². The lowest BCUT2D eigenvalue weighted by molar-refractivity contribution is -0.126. The molecule has 4 heteroatoms. The monoisotopic (exact) mass is 224 g/mol. The van der Waals surface area contributed by atoms with Crippen LogP contribution in [0.15, 0.2) is 22.8 Å². The van der Waals surface area contributed by atoms with Gasteiger partial charge < -0.3 is 15.5 Å². The molecule has 0 saturated heterocycles. The molecule has 0 spiro atoms. The number of carbonyl (C=O) groups is 1. The molecule has 3 N–H and O–H groups in total. The van der Waals surface area contributed by atoms with Crippen LogP contribution in [0.1, 0.15) is 32.6 Å². The Morgan fingerprint density at radius 2 is 2.19 bits per heavy atom. The number of nitrogens with one attached hydrogen (secondary N) is 1. The van der Waals surface area contributed by atoms with Gasteiger partial charge in [-0.2, -0.15) is 0 Å². The van der Waals surface area contributed by atoms with Crippen molar-refractivity contribution in [3.8, 4) is 0 Å². The molecule has 16 heavy (non-hydrogen) atoms. The van der Waals surface area contributed by atoms with E-state index in [0.29, 0.717) is 6.54 Å². The largest absolute Gasteiger partial charge is 0.467 e. The maximum atomic E-state index is 11.9. The summed E-state index contributed by atoms with van der Waals surface area (Å²) in [5.74, 6) is 0.848. The van der Waals surface area contributed by atoms with Crippen LogP contribution in [-0.4, -0.2) is 12.5 Å². The second-order valence-corrected chi connectivity index (χ2v) is 4.33. The summed E-state index contributed by atoms with van der Waals surface area (Å²) >= 11 is 0. The van der Waals surface area contributed by atoms with E-state index in [9.17, 15) is 4.79 Å². The third-order valence-electron chi connectivity index (χ3n) is 2.72. The first-order chi connectivity index (χ1) is 7.56. The molecule has 90 valence electrons. The minimum atomic E-state index is -0.141. The summed E-state index contributed by atoms with van der Waals surface area (Å²) < 4.78 is 5.22. The number of furan rings is 1. The summed E-state index contributed by atoms with van der Waals surface area (Å²) in [6.07, 6.45) is 1.60. The van der Waals surface area contributed by atoms with E-state index >= 15 is 0 Å². The molecule has 0 saturated carbocycles. The van der Waals surface area contributed by atoms with Crippen molar-refractivity contribution in [1.82, 2.24) is 5.32 Å². The molecule has 1 amide bonds. The fourth-order valence-corrected chi connectivity index (χ4v) is 1.61. The van der Waals surface area contributed by atoms with Crippen LogP contribution in [0.4, 0.5) is 0 Å². The van der Waals surface area contributed by atoms with Crippen LogP contribution >= 0.6 is 0 Å². The molecule has 0 aromatic carbocycles. The second kappa shape index (κ2) is 5.70. The van der Waals surface area contributed by atoms with Crippen molar-refractivity contribution in [2.24, 2.45) is 17.6 Å². The van der Waals surface area contributed by atoms with Gasteiger partial charge in [0.2, 0.25) is 5.91 Å². The van der Waals surface area contributed by atoms with Gasteiger partial charge in [0, 0.05) is 6.54 Å². The van der Waals surface area contributed by atoms with Gasteiger partial charge in [-0.3, -0.25) is 4.79 Å². The van der Waals surface area contributed by atoms with Gasteiger partial charge in [0.1, 0.15) is 5.76 Å². The van der Waals surface area contributed by atoms with E-state index in [1.807, 2.05) is 26.8 Å². The Balaban J connectivity index is 2.57. The molecule has 0 aliphatic rings. The number of hydrogen-bond donors (Lipinski definition) is 2. The average Bonchev–Trinajstić information content (AvgIpc) is 2.70. The van der Waals surface area contributed by atoms with E-state index in [1.165, 1.54) is 0 Å². The fraction of sp³-hybridized carbons (Fsp3) is 0.583. The predicted molar refractivity (Wildman–Crippen MR) is 62.6 cm³/mol. The Labute approximate surface area is 96.2 Å². The summed E-state index contributed by atoms with van der Waals surface area (Å²) in [5, 5.41) is 2.90. The van der Waals surface area contributed by atoms with Gasteiger partial charge in [0.15, 0.2) is 0 Å². The molecule has 2 unspecified atom stereocenters. The lowest BCUT2D eigenvalue weighted by atomic mass is 9.95. The van der Waals surface area contributed by atoms with Crippen LogP contribution in [0, 0.1) is 11.8 Å². The molecule has 1 aromatic heterocycles. The predicted octanol–water partition coefficient (Wildman–Crippen LogP) is 1.69. The minimum Gasteiger partial charge on any atom is -0.467 e. The number of rotatable bonds is 5. The lowest BCUT2D eigenvalue weighted by Gasteiger charge is -2.20. The lowest BCUT2D eigenvalue weighted by Crippen LogP contribution is -2.39. The van der Waals surface area contributed by atoms with E-state index in [-0.39, 0.29) is 23.8 Å². The third kappa shape index (κ3) is 3.10. The first-order valence-electron chi connectivity index (χ1n) is 5.60. The Hall–Kier alpha value is -1.29. The van der Waals surface area contributed by atoms with Crippen LogP contribution in [0.3, 0.4) is 0 Å². The number of carbonyl (C=O) groups excluding carboxylic acids is 1. The second-order valence-electron chi connectivity index (χ2n) is 4.33. The van der Waals surface area contributed by atoms with Crippen molar-refractivity contribution >= 4 is 5.91 Å². The van der Waals surface area contributed by atoms with E-state index in [4.69, 9.17) is 10.2 Å². The molecule has 1 heterocycles. The van der Waals surface area contributed by atoms with Gasteiger partial charge in [-0.1, -0.05) is 13.8 Å². The topological polar surface area (TPSA) is 68.3 Å². The molecule has 0 aliphatic heterocycles. The van der Waals surface area contributed by atoms with Crippen molar-refractivity contribution in [3.05, 3.63) is 24.2 Å². The van der Waals surface area contributed by atoms with Crippen molar-refractivity contribution in [1.29, 1.82) is 0 Å². The summed E-state index contributed by atoms with van der Waals surface area (Å²) in [5.41, 5.74) is 5.58. The highest BCUT2D eigenvalue weighted by Crippen LogP contribution is 2.15. The van der Waals surface area contributed by atoms with E-state index < -0.39 is 0 Å². The highest BCUT2D eigenvalue weighted by molar-refractivity contribution is 5.79. The number of amides is 1. The maximum Gasteiger partial charge on any atom is 0.225 e.